The summed E-state index contributed by atoms with van der Waals surface area (Å²) in [5.74, 6) is -1.44. The van der Waals surface area contributed by atoms with E-state index in [2.05, 4.69) is 15.1 Å². The molecule has 3 atom stereocenters. The first-order chi connectivity index (χ1) is 29.9. The van der Waals surface area contributed by atoms with Crippen LogP contribution in [-0.2, 0) is 32.0 Å². The first-order valence-corrected chi connectivity index (χ1v) is 20.3. The van der Waals surface area contributed by atoms with Crippen LogP contribution in [0.4, 0.5) is 19.0 Å². The van der Waals surface area contributed by atoms with Gasteiger partial charge in [0.25, 0.3) is 0 Å². The van der Waals surface area contributed by atoms with Crippen molar-refractivity contribution >= 4 is 39.7 Å². The standard InChI is InChI=1S/C42H44F3N11O6/c1-6-61-27-18-52(3)41(58)33-14-26(62-42-46-8-7-31(49-42)28-10-24(43)12-32-37(28)54(20-27)22(2)48-32)19-55(33)39-29-15-47-56(38-30(45)11-25(44)13-34(38)60-5)40(29)51-35(50-39)9-23-16-53(17-23)36(57)21-59-4/h7-8,10-13,15,23,26-27,33H,6,9,14,16-21H2,1-5H3/t26-,27-,33-/m0/s1. The average Bonchev–Trinajstić information content (AvgIpc) is 3.92. The van der Waals surface area contributed by atoms with Gasteiger partial charge in [-0.05, 0) is 26.0 Å². The van der Waals surface area contributed by atoms with Gasteiger partial charge in [0.2, 0.25) is 11.8 Å². The van der Waals surface area contributed by atoms with Crippen molar-refractivity contribution in [1.29, 1.82) is 0 Å². The summed E-state index contributed by atoms with van der Waals surface area (Å²) in [6, 6.07) is 5.44. The predicted octanol–water partition coefficient (Wildman–Crippen LogP) is 3.91. The number of ether oxygens (including phenoxy) is 4. The van der Waals surface area contributed by atoms with Crippen molar-refractivity contribution in [3.8, 4) is 28.7 Å². The fraction of sp³-hybridized carbons (Fsp3) is 0.429. The average molecular weight is 856 g/mol. The van der Waals surface area contributed by atoms with E-state index in [1.54, 1.807) is 22.9 Å². The zero-order chi connectivity index (χ0) is 43.4. The van der Waals surface area contributed by atoms with Crippen molar-refractivity contribution in [1.82, 2.24) is 49.1 Å². The van der Waals surface area contributed by atoms with Crippen LogP contribution >= 0.6 is 0 Å². The zero-order valence-corrected chi connectivity index (χ0v) is 34.7. The minimum atomic E-state index is -0.930. The number of hydrogen-bond acceptors (Lipinski definition) is 13. The lowest BCUT2D eigenvalue weighted by Crippen LogP contribution is -2.52. The van der Waals surface area contributed by atoms with Crippen LogP contribution < -0.4 is 14.4 Å². The number of rotatable bonds is 9. The number of hydrogen-bond donors (Lipinski definition) is 0. The van der Waals surface area contributed by atoms with E-state index in [9.17, 15) is 14.0 Å². The highest BCUT2D eigenvalue weighted by Gasteiger charge is 2.43. The molecule has 4 aromatic heterocycles. The molecular formula is C42H44F3N11O6. The normalized spacial score (nSPS) is 19.5. The van der Waals surface area contributed by atoms with Crippen LogP contribution in [0.2, 0.25) is 0 Å². The number of nitrogens with zero attached hydrogens (tertiary/aromatic N) is 11. The molecule has 0 spiro atoms. The fourth-order valence-corrected chi connectivity index (χ4v) is 8.76. The maximum absolute atomic E-state index is 15.7. The van der Waals surface area contributed by atoms with Gasteiger partial charge >= 0.3 is 6.01 Å². The molecule has 2 aromatic carbocycles. The molecule has 6 aromatic rings. The number of benzene rings is 2. The van der Waals surface area contributed by atoms with Crippen molar-refractivity contribution in [2.24, 2.45) is 5.92 Å². The number of likely N-dealkylation sites (tertiary alicyclic amines) is 1. The molecule has 0 aliphatic carbocycles. The van der Waals surface area contributed by atoms with Gasteiger partial charge in [-0.25, -0.2) is 37.8 Å². The number of imidazole rings is 1. The van der Waals surface area contributed by atoms with Gasteiger partial charge in [-0.1, -0.05) is 0 Å². The van der Waals surface area contributed by atoms with E-state index in [4.69, 9.17) is 33.9 Å². The van der Waals surface area contributed by atoms with Crippen LogP contribution in [0, 0.1) is 30.3 Å². The number of aryl methyl sites for hydroxylation is 1. The Labute approximate surface area is 353 Å². The lowest BCUT2D eigenvalue weighted by atomic mass is 9.96. The van der Waals surface area contributed by atoms with Gasteiger partial charge in [0.05, 0.1) is 54.6 Å². The third-order valence-corrected chi connectivity index (χ3v) is 11.6. The molecule has 2 saturated heterocycles. The Hall–Kier alpha value is -6.41. The molecule has 20 heteroatoms. The van der Waals surface area contributed by atoms with Crippen molar-refractivity contribution in [3.05, 3.63) is 71.8 Å². The summed E-state index contributed by atoms with van der Waals surface area (Å²) in [4.78, 5) is 56.2. The first-order valence-electron chi connectivity index (χ1n) is 20.3. The molecule has 2 fully saturated rings. The quantitative estimate of drug-likeness (QED) is 0.206. The second-order valence-electron chi connectivity index (χ2n) is 15.8. The molecule has 0 radical (unpaired) electrons. The Morgan fingerprint density at radius 3 is 2.56 bits per heavy atom. The number of aromatic nitrogens is 8. The minimum absolute atomic E-state index is 0.00903. The second kappa shape index (κ2) is 16.5. The van der Waals surface area contributed by atoms with Crippen LogP contribution in [0.5, 0.6) is 11.8 Å². The lowest BCUT2D eigenvalue weighted by molar-refractivity contribution is -0.141. The van der Waals surface area contributed by atoms with E-state index in [0.717, 1.165) is 12.1 Å². The molecule has 324 valence electrons. The molecule has 2 amide bonds. The fourth-order valence-electron chi connectivity index (χ4n) is 8.76. The maximum atomic E-state index is 15.7. The van der Waals surface area contributed by atoms with E-state index in [-0.39, 0.29) is 66.9 Å². The third-order valence-electron chi connectivity index (χ3n) is 11.6. The van der Waals surface area contributed by atoms with Gasteiger partial charge in [-0.3, -0.25) is 9.59 Å². The van der Waals surface area contributed by atoms with Crippen molar-refractivity contribution in [2.75, 3.05) is 65.6 Å². The van der Waals surface area contributed by atoms with Crippen LogP contribution in [0.3, 0.4) is 0 Å². The molecule has 4 bridgehead atoms. The highest BCUT2D eigenvalue weighted by molar-refractivity contribution is 5.94. The Morgan fingerprint density at radius 1 is 0.984 bits per heavy atom. The molecule has 17 nitrogen and oxygen atoms in total. The van der Waals surface area contributed by atoms with Gasteiger partial charge in [0.15, 0.2) is 17.2 Å². The van der Waals surface area contributed by atoms with Crippen LogP contribution in [0.1, 0.15) is 25.0 Å². The number of fused-ring (bicyclic) bond motifs is 6. The lowest BCUT2D eigenvalue weighted by Gasteiger charge is -2.39. The summed E-state index contributed by atoms with van der Waals surface area (Å²) < 4.78 is 71.6. The van der Waals surface area contributed by atoms with Gasteiger partial charge in [-0.2, -0.15) is 10.1 Å². The third kappa shape index (κ3) is 7.50. The molecule has 0 saturated carbocycles. The van der Waals surface area contributed by atoms with Gasteiger partial charge < -0.3 is 38.2 Å². The van der Waals surface area contributed by atoms with Crippen LogP contribution in [0.25, 0.3) is 39.0 Å². The molecule has 3 aliphatic rings. The first kappa shape index (κ1) is 41.0. The van der Waals surface area contributed by atoms with Crippen LogP contribution in [-0.4, -0.2) is 140 Å². The largest absolute Gasteiger partial charge is 0.494 e. The number of methoxy groups -OCH3 is 2. The summed E-state index contributed by atoms with van der Waals surface area (Å²) in [5, 5.41) is 4.90. The number of anilines is 1. The zero-order valence-electron chi connectivity index (χ0n) is 34.7. The second-order valence-corrected chi connectivity index (χ2v) is 15.8. The van der Waals surface area contributed by atoms with Gasteiger partial charge in [0.1, 0.15) is 53.5 Å². The summed E-state index contributed by atoms with van der Waals surface area (Å²) in [6.07, 6.45) is 2.39. The highest BCUT2D eigenvalue weighted by Crippen LogP contribution is 2.37. The molecule has 3 aliphatic heterocycles. The van der Waals surface area contributed by atoms with Gasteiger partial charge in [-0.15, -0.1) is 0 Å². The Morgan fingerprint density at radius 2 is 1.79 bits per heavy atom. The Kier molecular flexibility index (Phi) is 10.9. The van der Waals surface area contributed by atoms with E-state index in [0.29, 0.717) is 77.8 Å². The monoisotopic (exact) mass is 855 g/mol. The molecular weight excluding hydrogens is 812 g/mol. The number of carbonyl (C=O) groups excluding carboxylic acids is 2. The molecule has 62 heavy (non-hydrogen) atoms. The van der Waals surface area contributed by atoms with E-state index < -0.39 is 35.7 Å². The maximum Gasteiger partial charge on any atom is 0.317 e. The number of halogens is 3. The SMILES string of the molecule is CCO[C@H]1CN(C)C(=O)[C@@H]2C[C@@H](CN2c2nc(CC3CN(C(=O)COC)C3)nc3c2cnn3-c2c(F)cc(F)cc2OC)Oc2nccc(n2)-c2cc(F)cc3nc(C)n(c23)C1. The molecule has 0 N–H and O–H groups in total. The van der Waals surface area contributed by atoms with E-state index >= 15 is 8.78 Å². The van der Waals surface area contributed by atoms with Crippen molar-refractivity contribution < 1.29 is 41.7 Å². The molecule has 0 unspecified atom stereocenters. The minimum Gasteiger partial charge on any atom is -0.494 e. The Bertz CT molecular complexity index is 2710. The van der Waals surface area contributed by atoms with E-state index in [1.807, 2.05) is 23.3 Å². The molecule has 9 rings (SSSR count). The number of amides is 2. The highest BCUT2D eigenvalue weighted by atomic mass is 19.1. The summed E-state index contributed by atoms with van der Waals surface area (Å²) >= 11 is 0. The van der Waals surface area contributed by atoms with Crippen molar-refractivity contribution in [3.63, 3.8) is 0 Å². The summed E-state index contributed by atoms with van der Waals surface area (Å²) in [7, 11) is 4.47. The topological polar surface area (TPSA) is 168 Å². The number of carbonyl (C=O) groups is 2. The smallest absolute Gasteiger partial charge is 0.317 e. The van der Waals surface area contributed by atoms with E-state index in [1.165, 1.54) is 43.4 Å². The summed E-state index contributed by atoms with van der Waals surface area (Å²) in [5.41, 5.74) is 2.04. The number of likely N-dealkylation sites (N-methyl/N-ethyl adjacent to an activating group) is 1. The predicted molar refractivity (Wildman–Crippen MR) is 217 cm³/mol. The molecule has 7 heterocycles. The van der Waals surface area contributed by atoms with Crippen LogP contribution in [0.15, 0.2) is 42.7 Å². The summed E-state index contributed by atoms with van der Waals surface area (Å²) in [6.45, 7) is 5.57. The Balaban J connectivity index is 1.15. The van der Waals surface area contributed by atoms with Gasteiger partial charge in [0, 0.05) is 89.1 Å². The van der Waals surface area contributed by atoms with Crippen molar-refractivity contribution in [2.45, 2.75) is 51.5 Å².